The number of fused-ring (bicyclic) bond motifs is 1. The molecule has 0 unspecified atom stereocenters. The number of unbranched alkanes of at least 4 members (excludes halogenated alkanes) is 1. The van der Waals surface area contributed by atoms with E-state index in [1.54, 1.807) is 11.3 Å². The van der Waals surface area contributed by atoms with E-state index in [-0.39, 0.29) is 11.3 Å². The molecule has 0 spiro atoms. The Morgan fingerprint density at radius 2 is 1.81 bits per heavy atom. The van der Waals surface area contributed by atoms with E-state index in [4.69, 9.17) is 10.7 Å². The molecule has 1 aromatic heterocycles. The van der Waals surface area contributed by atoms with Gasteiger partial charge in [-0.25, -0.2) is 4.99 Å². The second-order valence-corrected chi connectivity index (χ2v) is 11.5. The predicted molar refractivity (Wildman–Crippen MR) is 155 cm³/mol. The molecule has 0 aliphatic rings. The van der Waals surface area contributed by atoms with Crippen molar-refractivity contribution in [1.29, 1.82) is 0 Å². The first-order valence-corrected chi connectivity index (χ1v) is 13.9. The van der Waals surface area contributed by atoms with Crippen molar-refractivity contribution in [3.63, 3.8) is 0 Å². The summed E-state index contributed by atoms with van der Waals surface area (Å²) in [7, 11) is 0. The van der Waals surface area contributed by atoms with Gasteiger partial charge in [-0.05, 0) is 60.3 Å². The van der Waals surface area contributed by atoms with E-state index in [2.05, 4.69) is 97.6 Å². The van der Waals surface area contributed by atoms with Gasteiger partial charge in [0.25, 0.3) is 0 Å². The fraction of sp³-hybridized carbons (Fsp3) is 0.355. The van der Waals surface area contributed by atoms with Crippen molar-refractivity contribution in [2.45, 2.75) is 58.4 Å². The largest absolute Gasteiger partial charge is 0.354 e. The lowest BCUT2D eigenvalue weighted by Crippen LogP contribution is -2.40. The molecule has 5 nitrogen and oxygen atoms in total. The van der Waals surface area contributed by atoms with E-state index >= 15 is 0 Å². The van der Waals surface area contributed by atoms with Gasteiger partial charge in [-0.1, -0.05) is 75.4 Å². The number of hydrogen-bond donors (Lipinski definition) is 2. The van der Waals surface area contributed by atoms with Gasteiger partial charge in [-0.15, -0.1) is 11.3 Å². The van der Waals surface area contributed by atoms with Gasteiger partial charge in [-0.3, -0.25) is 4.79 Å². The van der Waals surface area contributed by atoms with Gasteiger partial charge in [0.05, 0.1) is 5.69 Å². The average molecular weight is 515 g/mol. The first-order chi connectivity index (χ1) is 17.8. The van der Waals surface area contributed by atoms with Crippen LogP contribution in [0.3, 0.4) is 0 Å². The Morgan fingerprint density at radius 3 is 2.57 bits per heavy atom. The van der Waals surface area contributed by atoms with Crippen molar-refractivity contribution < 1.29 is 4.79 Å². The van der Waals surface area contributed by atoms with E-state index in [9.17, 15) is 4.79 Å². The minimum atomic E-state index is -0.437. The maximum Gasteiger partial charge on any atom is 0.243 e. The molecule has 3 N–H and O–H groups in total. The zero-order valence-electron chi connectivity index (χ0n) is 22.3. The number of nitrogens with two attached hydrogens (primary N) is 1. The van der Waals surface area contributed by atoms with Gasteiger partial charge < -0.3 is 15.6 Å². The number of amides is 1. The molecule has 0 radical (unpaired) electrons. The Bertz CT molecular complexity index is 1420. The first-order valence-electron chi connectivity index (χ1n) is 13.0. The van der Waals surface area contributed by atoms with Crippen LogP contribution in [0.2, 0.25) is 0 Å². The molecule has 4 rings (SSSR count). The maximum atomic E-state index is 13.9. The molecule has 1 amide bonds. The molecule has 0 saturated heterocycles. The third-order valence-corrected chi connectivity index (χ3v) is 7.41. The summed E-state index contributed by atoms with van der Waals surface area (Å²) in [6, 6.07) is 22.5. The number of aromatic nitrogens is 1. The summed E-state index contributed by atoms with van der Waals surface area (Å²) in [6.07, 6.45) is 2.33. The Labute approximate surface area is 224 Å². The van der Waals surface area contributed by atoms with Gasteiger partial charge in [0.1, 0.15) is 6.04 Å². The minimum absolute atomic E-state index is 0.0135. The lowest BCUT2D eigenvalue weighted by molar-refractivity contribution is -0.124. The molecule has 3 aromatic carbocycles. The average Bonchev–Trinajstić information content (AvgIpc) is 3.29. The third kappa shape index (κ3) is 6.56. The molecule has 1 atom stereocenters. The van der Waals surface area contributed by atoms with Gasteiger partial charge in [0.15, 0.2) is 4.80 Å². The van der Waals surface area contributed by atoms with E-state index in [1.165, 1.54) is 10.8 Å². The normalized spacial score (nSPS) is 13.2. The lowest BCUT2D eigenvalue weighted by Gasteiger charge is -2.27. The SMILES string of the molecule is Cc1cccc(N=c2scc(C(C)(C)C)n2[C@@H](Cc2cccc3ccccc23)C(=O)NCCCCN)c1. The molecular weight excluding hydrogens is 476 g/mol. The summed E-state index contributed by atoms with van der Waals surface area (Å²) in [5.74, 6) is 0.0135. The number of aryl methyl sites for hydroxylation is 1. The number of benzene rings is 3. The summed E-state index contributed by atoms with van der Waals surface area (Å²) in [6.45, 7) is 9.88. The van der Waals surface area contributed by atoms with E-state index < -0.39 is 6.04 Å². The number of carbonyl (C=O) groups is 1. The summed E-state index contributed by atoms with van der Waals surface area (Å²) in [5, 5.41) is 7.72. The smallest absolute Gasteiger partial charge is 0.243 e. The van der Waals surface area contributed by atoms with Gasteiger partial charge in [0.2, 0.25) is 5.91 Å². The highest BCUT2D eigenvalue weighted by Crippen LogP contribution is 2.29. The van der Waals surface area contributed by atoms with Gasteiger partial charge in [0, 0.05) is 29.5 Å². The molecule has 0 fully saturated rings. The number of carbonyl (C=O) groups excluding carboxylic acids is 1. The fourth-order valence-electron chi connectivity index (χ4n) is 4.63. The predicted octanol–water partition coefficient (Wildman–Crippen LogP) is 6.18. The molecule has 0 aliphatic heterocycles. The van der Waals surface area contributed by atoms with Gasteiger partial charge in [-0.2, -0.15) is 0 Å². The monoisotopic (exact) mass is 514 g/mol. The quantitative estimate of drug-likeness (QED) is 0.262. The number of rotatable bonds is 9. The zero-order chi connectivity index (χ0) is 26.4. The van der Waals surface area contributed by atoms with Crippen molar-refractivity contribution in [3.05, 3.63) is 93.7 Å². The van der Waals surface area contributed by atoms with Crippen LogP contribution in [-0.4, -0.2) is 23.6 Å². The Hall–Kier alpha value is -3.22. The zero-order valence-corrected chi connectivity index (χ0v) is 23.1. The second-order valence-electron chi connectivity index (χ2n) is 10.6. The van der Waals surface area contributed by atoms with Crippen LogP contribution in [0.4, 0.5) is 5.69 Å². The summed E-state index contributed by atoms with van der Waals surface area (Å²) in [5.41, 5.74) is 9.83. The second kappa shape index (κ2) is 11.9. The molecule has 6 heteroatoms. The van der Waals surface area contributed by atoms with Crippen molar-refractivity contribution in [3.8, 4) is 0 Å². The summed E-state index contributed by atoms with van der Waals surface area (Å²) >= 11 is 1.60. The third-order valence-electron chi connectivity index (χ3n) is 6.57. The highest BCUT2D eigenvalue weighted by atomic mass is 32.1. The van der Waals surface area contributed by atoms with Crippen molar-refractivity contribution in [2.24, 2.45) is 10.7 Å². The first kappa shape index (κ1) is 26.8. The molecule has 37 heavy (non-hydrogen) atoms. The lowest BCUT2D eigenvalue weighted by atomic mass is 9.91. The molecule has 194 valence electrons. The van der Waals surface area contributed by atoms with Crippen LogP contribution < -0.4 is 15.9 Å². The van der Waals surface area contributed by atoms with Crippen LogP contribution in [-0.2, 0) is 16.6 Å². The Balaban J connectivity index is 1.86. The van der Waals surface area contributed by atoms with E-state index in [0.717, 1.165) is 40.2 Å². The van der Waals surface area contributed by atoms with Crippen LogP contribution in [0.1, 0.15) is 56.5 Å². The fourth-order valence-corrected chi connectivity index (χ4v) is 5.81. The van der Waals surface area contributed by atoms with Crippen LogP contribution in [0.25, 0.3) is 10.8 Å². The van der Waals surface area contributed by atoms with Crippen molar-refractivity contribution >= 4 is 33.7 Å². The van der Waals surface area contributed by atoms with Crippen molar-refractivity contribution in [1.82, 2.24) is 9.88 Å². The maximum absolute atomic E-state index is 13.9. The van der Waals surface area contributed by atoms with E-state index in [1.807, 2.05) is 12.1 Å². The number of nitrogens with zero attached hydrogens (tertiary/aromatic N) is 2. The molecule has 1 heterocycles. The van der Waals surface area contributed by atoms with Crippen LogP contribution in [0.5, 0.6) is 0 Å². The molecule has 4 aromatic rings. The minimum Gasteiger partial charge on any atom is -0.354 e. The summed E-state index contributed by atoms with van der Waals surface area (Å²) in [4.78, 5) is 19.8. The molecule has 0 saturated carbocycles. The standard InChI is InChI=1S/C31H38N4OS/c1-22-11-9-15-25(19-22)34-30-35(28(21-37-30)31(2,3)4)27(29(36)33-18-8-7-17-32)20-24-14-10-13-23-12-5-6-16-26(23)24/h5-6,9-16,19,21,27H,7-8,17-18,20,32H2,1-4H3,(H,33,36)/t27-/m0/s1. The molecule has 0 aliphatic carbocycles. The number of thiazole rings is 1. The molecule has 0 bridgehead atoms. The van der Waals surface area contributed by atoms with Crippen LogP contribution >= 0.6 is 11.3 Å². The Kier molecular flexibility index (Phi) is 8.62. The topological polar surface area (TPSA) is 72.4 Å². The van der Waals surface area contributed by atoms with Crippen molar-refractivity contribution in [2.75, 3.05) is 13.1 Å². The number of hydrogen-bond acceptors (Lipinski definition) is 4. The van der Waals surface area contributed by atoms with E-state index in [0.29, 0.717) is 19.5 Å². The Morgan fingerprint density at radius 1 is 1.05 bits per heavy atom. The van der Waals surface area contributed by atoms with Crippen LogP contribution in [0.15, 0.2) is 77.1 Å². The number of nitrogens with one attached hydrogen (secondary N) is 1. The van der Waals surface area contributed by atoms with Gasteiger partial charge >= 0.3 is 0 Å². The molecular formula is C31H38N4OS. The van der Waals surface area contributed by atoms with Crippen LogP contribution in [0, 0.1) is 6.92 Å². The highest BCUT2D eigenvalue weighted by Gasteiger charge is 2.29. The summed E-state index contributed by atoms with van der Waals surface area (Å²) < 4.78 is 2.17. The highest BCUT2D eigenvalue weighted by molar-refractivity contribution is 7.07.